The number of hydrogen-bond donors (Lipinski definition) is 0. The van der Waals surface area contributed by atoms with E-state index in [0.717, 1.165) is 50.1 Å². The second kappa shape index (κ2) is 9.79. The Morgan fingerprint density at radius 3 is 1.59 bits per heavy atom. The van der Waals surface area contributed by atoms with Crippen LogP contribution >= 0.6 is 0 Å². The Hall–Kier alpha value is -6.00. The van der Waals surface area contributed by atoms with E-state index in [0.29, 0.717) is 5.82 Å². The lowest BCUT2D eigenvalue weighted by molar-refractivity contribution is 1.14. The summed E-state index contributed by atoms with van der Waals surface area (Å²) in [5.41, 5.74) is 10.5. The molecule has 0 N–H and O–H groups in total. The van der Waals surface area contributed by atoms with Gasteiger partial charge >= 0.3 is 0 Å². The van der Waals surface area contributed by atoms with Crippen molar-refractivity contribution >= 4 is 43.7 Å². The normalized spacial score (nSPS) is 11.6. The summed E-state index contributed by atoms with van der Waals surface area (Å²) >= 11 is 0. The number of aromatic nitrogens is 4. The molecular weight excluding hydrogens is 536 g/mol. The van der Waals surface area contributed by atoms with Crippen LogP contribution in [0, 0.1) is 0 Å². The zero-order valence-corrected chi connectivity index (χ0v) is 23.8. The van der Waals surface area contributed by atoms with Gasteiger partial charge in [0.1, 0.15) is 5.52 Å². The summed E-state index contributed by atoms with van der Waals surface area (Å²) < 4.78 is 4.64. The lowest BCUT2D eigenvalue weighted by Crippen LogP contribution is -2.00. The molecule has 4 nitrogen and oxygen atoms in total. The van der Waals surface area contributed by atoms with Gasteiger partial charge in [0.25, 0.3) is 0 Å². The molecule has 3 heterocycles. The van der Waals surface area contributed by atoms with Crippen molar-refractivity contribution in [2.75, 3.05) is 0 Å². The van der Waals surface area contributed by atoms with E-state index in [2.05, 4.69) is 155 Å². The standard InChI is InChI=1S/C40H26N4/c1-3-14-27(15-4-1)37-39-38(33-22-9-12-25-36(33)44(39)29-17-5-2-6-18-29)42-40(41-37)28-16-13-19-30(26-28)43-34-23-10-7-20-31(34)32-21-8-11-24-35(32)43/h1-26H. The van der Waals surface area contributed by atoms with Gasteiger partial charge in [0.05, 0.1) is 27.8 Å². The van der Waals surface area contributed by atoms with Crippen LogP contribution < -0.4 is 0 Å². The van der Waals surface area contributed by atoms with Crippen molar-refractivity contribution in [3.8, 4) is 34.0 Å². The SMILES string of the molecule is c1ccc(-c2nc(-c3cccc(-n4c5ccccc5c5ccccc54)c3)nc3c4ccccc4n(-c4ccccc4)c23)cc1. The van der Waals surface area contributed by atoms with Crippen molar-refractivity contribution in [3.05, 3.63) is 158 Å². The lowest BCUT2D eigenvalue weighted by atomic mass is 10.1. The molecule has 9 rings (SSSR count). The number of rotatable bonds is 4. The van der Waals surface area contributed by atoms with Crippen LogP contribution in [0.1, 0.15) is 0 Å². The molecule has 0 saturated heterocycles. The molecule has 0 fully saturated rings. The van der Waals surface area contributed by atoms with Gasteiger partial charge < -0.3 is 9.13 Å². The highest BCUT2D eigenvalue weighted by Crippen LogP contribution is 2.38. The highest BCUT2D eigenvalue weighted by molar-refractivity contribution is 6.12. The molecule has 0 atom stereocenters. The fourth-order valence-corrected chi connectivity index (χ4v) is 6.60. The van der Waals surface area contributed by atoms with E-state index in [1.165, 1.54) is 21.8 Å². The van der Waals surface area contributed by atoms with Crippen molar-refractivity contribution in [3.63, 3.8) is 0 Å². The molecule has 44 heavy (non-hydrogen) atoms. The van der Waals surface area contributed by atoms with Gasteiger partial charge in [-0.25, -0.2) is 9.97 Å². The monoisotopic (exact) mass is 562 g/mol. The third-order valence-electron chi connectivity index (χ3n) is 8.51. The summed E-state index contributed by atoms with van der Waals surface area (Å²) in [6.45, 7) is 0. The van der Waals surface area contributed by atoms with Gasteiger partial charge in [0.15, 0.2) is 5.82 Å². The van der Waals surface area contributed by atoms with Crippen LogP contribution in [0.5, 0.6) is 0 Å². The molecule has 0 saturated carbocycles. The molecule has 0 radical (unpaired) electrons. The molecule has 206 valence electrons. The zero-order valence-electron chi connectivity index (χ0n) is 23.8. The third kappa shape index (κ3) is 3.71. The topological polar surface area (TPSA) is 35.6 Å². The molecule has 4 heteroatoms. The molecule has 0 unspecified atom stereocenters. The van der Waals surface area contributed by atoms with Crippen molar-refractivity contribution in [2.24, 2.45) is 0 Å². The summed E-state index contributed by atoms with van der Waals surface area (Å²) in [6, 6.07) is 55.3. The van der Waals surface area contributed by atoms with Gasteiger partial charge in [0.2, 0.25) is 0 Å². The van der Waals surface area contributed by atoms with E-state index in [1.54, 1.807) is 0 Å². The van der Waals surface area contributed by atoms with Gasteiger partial charge in [-0.3, -0.25) is 0 Å². The second-order valence-electron chi connectivity index (χ2n) is 11.1. The maximum absolute atomic E-state index is 5.33. The van der Waals surface area contributed by atoms with Crippen LogP contribution in [-0.4, -0.2) is 19.1 Å². The van der Waals surface area contributed by atoms with E-state index >= 15 is 0 Å². The Labute approximate surface area is 254 Å². The smallest absolute Gasteiger partial charge is 0.160 e. The highest BCUT2D eigenvalue weighted by atomic mass is 15.0. The summed E-state index contributed by atoms with van der Waals surface area (Å²) in [5, 5.41) is 3.59. The fourth-order valence-electron chi connectivity index (χ4n) is 6.60. The molecule has 0 amide bonds. The number of hydrogen-bond acceptors (Lipinski definition) is 2. The zero-order chi connectivity index (χ0) is 29.0. The first-order valence-corrected chi connectivity index (χ1v) is 14.9. The molecule has 3 aromatic heterocycles. The number of benzene rings is 6. The Kier molecular flexibility index (Phi) is 5.47. The molecular formula is C40H26N4. The van der Waals surface area contributed by atoms with Crippen LogP contribution in [0.3, 0.4) is 0 Å². The minimum atomic E-state index is 0.704. The lowest BCUT2D eigenvalue weighted by Gasteiger charge is -2.13. The minimum Gasteiger partial charge on any atom is -0.309 e. The van der Waals surface area contributed by atoms with E-state index in [4.69, 9.17) is 9.97 Å². The number of para-hydroxylation sites is 4. The molecule has 0 spiro atoms. The van der Waals surface area contributed by atoms with Gasteiger partial charge in [-0.1, -0.05) is 115 Å². The molecule has 0 aliphatic heterocycles. The highest BCUT2D eigenvalue weighted by Gasteiger charge is 2.21. The maximum atomic E-state index is 5.33. The van der Waals surface area contributed by atoms with Crippen LogP contribution in [0.15, 0.2) is 158 Å². The van der Waals surface area contributed by atoms with Gasteiger partial charge in [0, 0.05) is 38.7 Å². The average molecular weight is 563 g/mol. The molecule has 0 bridgehead atoms. The summed E-state index contributed by atoms with van der Waals surface area (Å²) in [4.78, 5) is 10.6. The summed E-state index contributed by atoms with van der Waals surface area (Å²) in [5.74, 6) is 0.704. The Morgan fingerprint density at radius 1 is 0.386 bits per heavy atom. The van der Waals surface area contributed by atoms with E-state index in [9.17, 15) is 0 Å². The number of fused-ring (bicyclic) bond motifs is 6. The maximum Gasteiger partial charge on any atom is 0.160 e. The van der Waals surface area contributed by atoms with Gasteiger partial charge in [-0.15, -0.1) is 0 Å². The largest absolute Gasteiger partial charge is 0.309 e. The Bertz CT molecular complexity index is 2430. The van der Waals surface area contributed by atoms with Crippen LogP contribution in [-0.2, 0) is 0 Å². The first kappa shape index (κ1) is 24.6. The molecule has 9 aromatic rings. The predicted octanol–water partition coefficient (Wildman–Crippen LogP) is 10.0. The van der Waals surface area contributed by atoms with Crippen molar-refractivity contribution in [1.82, 2.24) is 19.1 Å². The van der Waals surface area contributed by atoms with Crippen LogP contribution in [0.25, 0.3) is 77.8 Å². The summed E-state index contributed by atoms with van der Waals surface area (Å²) in [6.07, 6.45) is 0. The Morgan fingerprint density at radius 2 is 0.909 bits per heavy atom. The predicted molar refractivity (Wildman–Crippen MR) is 182 cm³/mol. The van der Waals surface area contributed by atoms with Gasteiger partial charge in [-0.05, 0) is 42.5 Å². The van der Waals surface area contributed by atoms with Crippen LogP contribution in [0.2, 0.25) is 0 Å². The second-order valence-corrected chi connectivity index (χ2v) is 11.1. The van der Waals surface area contributed by atoms with E-state index < -0.39 is 0 Å². The molecule has 0 aliphatic rings. The third-order valence-corrected chi connectivity index (χ3v) is 8.51. The van der Waals surface area contributed by atoms with E-state index in [1.807, 2.05) is 12.1 Å². The van der Waals surface area contributed by atoms with E-state index in [-0.39, 0.29) is 0 Å². The van der Waals surface area contributed by atoms with Crippen LogP contribution in [0.4, 0.5) is 0 Å². The van der Waals surface area contributed by atoms with Crippen molar-refractivity contribution < 1.29 is 0 Å². The quantitative estimate of drug-likeness (QED) is 0.214. The average Bonchev–Trinajstić information content (AvgIpc) is 3.62. The van der Waals surface area contributed by atoms with Crippen molar-refractivity contribution in [1.29, 1.82) is 0 Å². The number of nitrogens with zero attached hydrogens (tertiary/aromatic N) is 4. The van der Waals surface area contributed by atoms with Gasteiger partial charge in [-0.2, -0.15) is 0 Å². The summed E-state index contributed by atoms with van der Waals surface area (Å²) in [7, 11) is 0. The fraction of sp³-hybridized carbons (Fsp3) is 0. The first-order chi connectivity index (χ1) is 21.8. The molecule has 0 aliphatic carbocycles. The van der Waals surface area contributed by atoms with Crippen molar-refractivity contribution in [2.45, 2.75) is 0 Å². The molecule has 6 aromatic carbocycles. The minimum absolute atomic E-state index is 0.704. The first-order valence-electron chi connectivity index (χ1n) is 14.9. The Balaban J connectivity index is 1.34.